The van der Waals surface area contributed by atoms with E-state index >= 15 is 0 Å². The van der Waals surface area contributed by atoms with E-state index in [9.17, 15) is 4.79 Å². The third-order valence-electron chi connectivity index (χ3n) is 3.23. The van der Waals surface area contributed by atoms with E-state index < -0.39 is 0 Å². The highest BCUT2D eigenvalue weighted by atomic mass is 16.1. The molecule has 1 atom stereocenters. The first kappa shape index (κ1) is 14.6. The Labute approximate surface area is 110 Å². The number of carbonyl (C=O) groups is 1. The zero-order valence-corrected chi connectivity index (χ0v) is 11.8. The van der Waals surface area contributed by atoms with Crippen LogP contribution in [0.4, 0.5) is 5.69 Å². The summed E-state index contributed by atoms with van der Waals surface area (Å²) in [7, 11) is 1.67. The van der Waals surface area contributed by atoms with Crippen LogP contribution in [0.1, 0.15) is 32.8 Å². The van der Waals surface area contributed by atoms with Gasteiger partial charge in [-0.25, -0.2) is 0 Å². The summed E-state index contributed by atoms with van der Waals surface area (Å²) in [6.45, 7) is 6.60. The fraction of sp³-hybridized carbons (Fsp3) is 0.533. The molecule has 0 aliphatic rings. The topological polar surface area (TPSA) is 41.1 Å². The molecule has 1 rings (SSSR count). The van der Waals surface area contributed by atoms with Gasteiger partial charge in [-0.3, -0.25) is 4.79 Å². The Hall–Kier alpha value is -1.51. The minimum Gasteiger partial charge on any atom is -0.382 e. The van der Waals surface area contributed by atoms with E-state index in [1.54, 1.807) is 7.05 Å². The van der Waals surface area contributed by atoms with Crippen molar-refractivity contribution in [3.05, 3.63) is 29.8 Å². The summed E-state index contributed by atoms with van der Waals surface area (Å²) in [4.78, 5) is 11.5. The number of likely N-dealkylation sites (N-methyl/N-ethyl adjacent to an activating group) is 1. The second-order valence-corrected chi connectivity index (χ2v) is 4.91. The zero-order valence-electron chi connectivity index (χ0n) is 11.8. The number of para-hydroxylation sites is 1. The maximum Gasteiger partial charge on any atom is 0.224 e. The van der Waals surface area contributed by atoms with Crippen LogP contribution in [0.15, 0.2) is 24.3 Å². The fourth-order valence-electron chi connectivity index (χ4n) is 2.02. The van der Waals surface area contributed by atoms with Crippen molar-refractivity contribution in [3.8, 4) is 0 Å². The molecule has 1 aromatic carbocycles. The molecular weight excluding hydrogens is 224 g/mol. The van der Waals surface area contributed by atoms with Gasteiger partial charge in [0.05, 0.1) is 6.42 Å². The SMILES string of the molecule is CCC(Nc1ccccc1CC(=O)NC)C(C)C. The average Bonchev–Trinajstić information content (AvgIpc) is 2.37. The van der Waals surface area contributed by atoms with Gasteiger partial charge in [-0.05, 0) is 24.0 Å². The predicted molar refractivity (Wildman–Crippen MR) is 76.8 cm³/mol. The summed E-state index contributed by atoms with van der Waals surface area (Å²) in [5, 5.41) is 6.21. The molecule has 0 aliphatic heterocycles. The van der Waals surface area contributed by atoms with Gasteiger partial charge in [0.15, 0.2) is 0 Å². The van der Waals surface area contributed by atoms with Crippen molar-refractivity contribution < 1.29 is 4.79 Å². The van der Waals surface area contributed by atoms with E-state index in [0.717, 1.165) is 17.7 Å². The van der Waals surface area contributed by atoms with Gasteiger partial charge in [0.25, 0.3) is 0 Å². The van der Waals surface area contributed by atoms with Crippen molar-refractivity contribution in [2.75, 3.05) is 12.4 Å². The summed E-state index contributed by atoms with van der Waals surface area (Å²) in [6, 6.07) is 8.46. The molecule has 0 saturated carbocycles. The van der Waals surface area contributed by atoms with Gasteiger partial charge in [0.2, 0.25) is 5.91 Å². The minimum absolute atomic E-state index is 0.0434. The molecule has 0 radical (unpaired) electrons. The number of benzene rings is 1. The van der Waals surface area contributed by atoms with Crippen LogP contribution in [-0.2, 0) is 11.2 Å². The third kappa shape index (κ3) is 4.06. The van der Waals surface area contributed by atoms with Crippen LogP contribution in [0, 0.1) is 5.92 Å². The lowest BCUT2D eigenvalue weighted by atomic mass is 10.00. The van der Waals surface area contributed by atoms with Crippen molar-refractivity contribution in [2.24, 2.45) is 5.92 Å². The molecule has 1 unspecified atom stereocenters. The minimum atomic E-state index is 0.0434. The number of amides is 1. The van der Waals surface area contributed by atoms with Crippen LogP contribution in [0.3, 0.4) is 0 Å². The molecule has 1 amide bonds. The van der Waals surface area contributed by atoms with Crippen molar-refractivity contribution >= 4 is 11.6 Å². The monoisotopic (exact) mass is 248 g/mol. The van der Waals surface area contributed by atoms with Gasteiger partial charge < -0.3 is 10.6 Å². The first-order valence-corrected chi connectivity index (χ1v) is 6.63. The van der Waals surface area contributed by atoms with E-state index in [1.807, 2.05) is 24.3 Å². The Balaban J connectivity index is 2.84. The van der Waals surface area contributed by atoms with Gasteiger partial charge in [-0.15, -0.1) is 0 Å². The van der Waals surface area contributed by atoms with E-state index in [0.29, 0.717) is 18.4 Å². The number of hydrogen-bond donors (Lipinski definition) is 2. The second-order valence-electron chi connectivity index (χ2n) is 4.91. The number of nitrogens with one attached hydrogen (secondary N) is 2. The van der Waals surface area contributed by atoms with Crippen LogP contribution in [0.2, 0.25) is 0 Å². The molecule has 100 valence electrons. The normalized spacial score (nSPS) is 12.3. The summed E-state index contributed by atoms with van der Waals surface area (Å²) in [5.41, 5.74) is 2.12. The van der Waals surface area contributed by atoms with Crippen LogP contribution >= 0.6 is 0 Å². The molecule has 3 heteroatoms. The highest BCUT2D eigenvalue weighted by Crippen LogP contribution is 2.20. The van der Waals surface area contributed by atoms with Crippen molar-refractivity contribution in [3.63, 3.8) is 0 Å². The van der Waals surface area contributed by atoms with Crippen LogP contribution in [0.5, 0.6) is 0 Å². The molecular formula is C15H24N2O. The first-order chi connectivity index (χ1) is 8.58. The average molecular weight is 248 g/mol. The second kappa shape index (κ2) is 7.04. The van der Waals surface area contributed by atoms with Crippen LogP contribution in [0.25, 0.3) is 0 Å². The molecule has 0 fully saturated rings. The summed E-state index contributed by atoms with van der Waals surface area (Å²) in [5.74, 6) is 0.616. The number of anilines is 1. The maximum atomic E-state index is 11.5. The molecule has 2 N–H and O–H groups in total. The van der Waals surface area contributed by atoms with Crippen molar-refractivity contribution in [2.45, 2.75) is 39.7 Å². The van der Waals surface area contributed by atoms with Crippen molar-refractivity contribution in [1.29, 1.82) is 0 Å². The van der Waals surface area contributed by atoms with Gasteiger partial charge in [0, 0.05) is 18.8 Å². The van der Waals surface area contributed by atoms with Crippen molar-refractivity contribution in [1.82, 2.24) is 5.32 Å². The molecule has 0 aliphatic carbocycles. The molecule has 1 aromatic rings. The maximum absolute atomic E-state index is 11.5. The highest BCUT2D eigenvalue weighted by molar-refractivity contribution is 5.80. The number of hydrogen-bond acceptors (Lipinski definition) is 2. The van der Waals surface area contributed by atoms with Gasteiger partial charge in [-0.1, -0.05) is 39.0 Å². The molecule has 0 saturated heterocycles. The number of rotatable bonds is 6. The highest BCUT2D eigenvalue weighted by Gasteiger charge is 2.13. The van der Waals surface area contributed by atoms with E-state index in [2.05, 4.69) is 31.4 Å². The van der Waals surface area contributed by atoms with E-state index in [4.69, 9.17) is 0 Å². The molecule has 0 aromatic heterocycles. The Kier molecular flexibility index (Phi) is 5.69. The summed E-state index contributed by atoms with van der Waals surface area (Å²) in [6.07, 6.45) is 1.50. The smallest absolute Gasteiger partial charge is 0.224 e. The number of carbonyl (C=O) groups excluding carboxylic acids is 1. The van der Waals surface area contributed by atoms with Gasteiger partial charge >= 0.3 is 0 Å². The largest absolute Gasteiger partial charge is 0.382 e. The lowest BCUT2D eigenvalue weighted by molar-refractivity contribution is -0.119. The van der Waals surface area contributed by atoms with E-state index in [-0.39, 0.29) is 5.91 Å². The molecule has 3 nitrogen and oxygen atoms in total. The molecule has 0 bridgehead atoms. The standard InChI is InChI=1S/C15H24N2O/c1-5-13(11(2)3)17-14-9-7-6-8-12(14)10-15(18)16-4/h6-9,11,13,17H,5,10H2,1-4H3,(H,16,18). The van der Waals surface area contributed by atoms with E-state index in [1.165, 1.54) is 0 Å². The van der Waals surface area contributed by atoms with Crippen LogP contribution in [-0.4, -0.2) is 19.0 Å². The molecule has 0 spiro atoms. The Bertz CT molecular complexity index is 388. The molecule has 18 heavy (non-hydrogen) atoms. The van der Waals surface area contributed by atoms with Gasteiger partial charge in [0.1, 0.15) is 0 Å². The lowest BCUT2D eigenvalue weighted by Gasteiger charge is -2.23. The first-order valence-electron chi connectivity index (χ1n) is 6.63. The lowest BCUT2D eigenvalue weighted by Crippen LogP contribution is -2.26. The Morgan fingerprint density at radius 1 is 1.28 bits per heavy atom. The Morgan fingerprint density at radius 3 is 2.50 bits per heavy atom. The summed E-state index contributed by atoms with van der Waals surface area (Å²) < 4.78 is 0. The fourth-order valence-corrected chi connectivity index (χ4v) is 2.02. The van der Waals surface area contributed by atoms with Gasteiger partial charge in [-0.2, -0.15) is 0 Å². The third-order valence-corrected chi connectivity index (χ3v) is 3.23. The quantitative estimate of drug-likeness (QED) is 0.813. The predicted octanol–water partition coefficient (Wildman–Crippen LogP) is 2.82. The van der Waals surface area contributed by atoms with Crippen LogP contribution < -0.4 is 10.6 Å². The Morgan fingerprint density at radius 2 is 1.94 bits per heavy atom. The molecule has 0 heterocycles. The summed E-state index contributed by atoms with van der Waals surface area (Å²) >= 11 is 0. The zero-order chi connectivity index (χ0) is 13.5.